The lowest BCUT2D eigenvalue weighted by Crippen LogP contribution is -2.02. The molecule has 1 aromatic carbocycles. The van der Waals surface area contributed by atoms with Gasteiger partial charge in [0.2, 0.25) is 0 Å². The molecule has 1 aromatic heterocycles. The zero-order valence-electron chi connectivity index (χ0n) is 9.80. The van der Waals surface area contributed by atoms with E-state index in [9.17, 15) is 10.1 Å². The van der Waals surface area contributed by atoms with Crippen molar-refractivity contribution in [2.45, 2.75) is 13.5 Å². The predicted molar refractivity (Wildman–Crippen MR) is 68.2 cm³/mol. The maximum atomic E-state index is 10.7. The number of anilines is 2. The minimum absolute atomic E-state index is 0.0673. The number of nitro benzene ring substituents is 1. The SMILES string of the molecule is Cc1cc(NCc2cn[nH]c2N)cc([N+](=O)[O-])c1. The highest BCUT2D eigenvalue weighted by Gasteiger charge is 2.08. The average Bonchev–Trinajstić information content (AvgIpc) is 2.71. The largest absolute Gasteiger partial charge is 0.384 e. The number of nitrogens with two attached hydrogens (primary N) is 1. The van der Waals surface area contributed by atoms with Gasteiger partial charge in [-0.1, -0.05) is 0 Å². The summed E-state index contributed by atoms with van der Waals surface area (Å²) < 4.78 is 0. The average molecular weight is 247 g/mol. The second-order valence-corrected chi connectivity index (χ2v) is 3.98. The van der Waals surface area contributed by atoms with E-state index in [1.54, 1.807) is 6.20 Å². The lowest BCUT2D eigenvalue weighted by atomic mass is 10.2. The number of hydrogen-bond donors (Lipinski definition) is 3. The molecule has 94 valence electrons. The van der Waals surface area contributed by atoms with E-state index in [-0.39, 0.29) is 5.69 Å². The van der Waals surface area contributed by atoms with Crippen LogP contribution in [0.25, 0.3) is 0 Å². The quantitative estimate of drug-likeness (QED) is 0.563. The molecule has 18 heavy (non-hydrogen) atoms. The van der Waals surface area contributed by atoms with Gasteiger partial charge in [-0.25, -0.2) is 0 Å². The number of nitro groups is 1. The molecule has 7 heteroatoms. The van der Waals surface area contributed by atoms with Crippen molar-refractivity contribution in [2.24, 2.45) is 0 Å². The van der Waals surface area contributed by atoms with Gasteiger partial charge in [0, 0.05) is 29.9 Å². The van der Waals surface area contributed by atoms with Crippen molar-refractivity contribution in [3.05, 3.63) is 45.6 Å². The molecule has 0 aliphatic carbocycles. The minimum atomic E-state index is -0.412. The maximum absolute atomic E-state index is 10.7. The standard InChI is InChI=1S/C11H13N5O2/c1-7-2-9(4-10(3-7)16(17)18)13-5-8-6-14-15-11(8)12/h2-4,6,13H,5H2,1H3,(H3,12,14,15). The van der Waals surface area contributed by atoms with Crippen LogP contribution in [0.15, 0.2) is 24.4 Å². The summed E-state index contributed by atoms with van der Waals surface area (Å²) >= 11 is 0. The summed E-state index contributed by atoms with van der Waals surface area (Å²) in [6.45, 7) is 2.27. The summed E-state index contributed by atoms with van der Waals surface area (Å²) in [6, 6.07) is 4.85. The van der Waals surface area contributed by atoms with Gasteiger partial charge in [-0.15, -0.1) is 0 Å². The van der Waals surface area contributed by atoms with Crippen LogP contribution in [-0.4, -0.2) is 15.1 Å². The third kappa shape index (κ3) is 2.57. The van der Waals surface area contributed by atoms with Crippen molar-refractivity contribution in [2.75, 3.05) is 11.1 Å². The molecule has 0 radical (unpaired) electrons. The van der Waals surface area contributed by atoms with Crippen LogP contribution in [0.3, 0.4) is 0 Å². The Morgan fingerprint density at radius 2 is 2.28 bits per heavy atom. The Kier molecular flexibility index (Phi) is 3.13. The summed E-state index contributed by atoms with van der Waals surface area (Å²) in [5.41, 5.74) is 8.04. The first kappa shape index (κ1) is 11.9. The molecule has 0 atom stereocenters. The van der Waals surface area contributed by atoms with Gasteiger partial charge >= 0.3 is 0 Å². The van der Waals surface area contributed by atoms with E-state index in [4.69, 9.17) is 5.73 Å². The number of nitrogen functional groups attached to an aromatic ring is 1. The Morgan fingerprint density at radius 3 is 2.89 bits per heavy atom. The Labute approximate surface area is 103 Å². The number of benzene rings is 1. The minimum Gasteiger partial charge on any atom is -0.384 e. The molecule has 0 aliphatic rings. The van der Waals surface area contributed by atoms with Gasteiger partial charge in [-0.05, 0) is 18.6 Å². The summed E-state index contributed by atoms with van der Waals surface area (Å²) in [5, 5.41) is 20.2. The fourth-order valence-corrected chi connectivity index (χ4v) is 1.63. The molecule has 7 nitrogen and oxygen atoms in total. The van der Waals surface area contributed by atoms with Crippen molar-refractivity contribution in [3.63, 3.8) is 0 Å². The van der Waals surface area contributed by atoms with Gasteiger partial charge in [0.05, 0.1) is 11.1 Å². The van der Waals surface area contributed by atoms with Crippen molar-refractivity contribution in [3.8, 4) is 0 Å². The molecule has 4 N–H and O–H groups in total. The zero-order valence-corrected chi connectivity index (χ0v) is 9.80. The Balaban J connectivity index is 2.14. The van der Waals surface area contributed by atoms with E-state index in [1.165, 1.54) is 12.1 Å². The van der Waals surface area contributed by atoms with Crippen LogP contribution in [0.4, 0.5) is 17.2 Å². The molecule has 0 saturated carbocycles. The zero-order chi connectivity index (χ0) is 13.1. The molecular weight excluding hydrogens is 234 g/mol. The summed E-state index contributed by atoms with van der Waals surface area (Å²) in [6.07, 6.45) is 1.62. The molecule has 2 rings (SSSR count). The van der Waals surface area contributed by atoms with Crippen LogP contribution < -0.4 is 11.1 Å². The van der Waals surface area contributed by atoms with E-state index >= 15 is 0 Å². The molecule has 0 spiro atoms. The maximum Gasteiger partial charge on any atom is 0.271 e. The predicted octanol–water partition coefficient (Wildman–Crippen LogP) is 1.82. The lowest BCUT2D eigenvalue weighted by molar-refractivity contribution is -0.384. The number of H-pyrrole nitrogens is 1. The molecule has 1 heterocycles. The first-order valence-corrected chi connectivity index (χ1v) is 5.34. The van der Waals surface area contributed by atoms with Gasteiger partial charge in [0.15, 0.2) is 0 Å². The molecular formula is C11H13N5O2. The third-order valence-electron chi connectivity index (χ3n) is 2.51. The van der Waals surface area contributed by atoms with Crippen LogP contribution in [0.5, 0.6) is 0 Å². The Bertz CT molecular complexity index is 579. The van der Waals surface area contributed by atoms with Gasteiger partial charge in [0.1, 0.15) is 5.82 Å². The number of hydrogen-bond acceptors (Lipinski definition) is 5. The van der Waals surface area contributed by atoms with Gasteiger partial charge < -0.3 is 11.1 Å². The van der Waals surface area contributed by atoms with E-state index in [0.29, 0.717) is 18.1 Å². The number of nitrogens with one attached hydrogen (secondary N) is 2. The Hall–Kier alpha value is -2.57. The molecule has 0 fully saturated rings. The molecule has 0 bridgehead atoms. The summed E-state index contributed by atoms with van der Waals surface area (Å²) in [5.74, 6) is 0.490. The number of aromatic nitrogens is 2. The van der Waals surface area contributed by atoms with Crippen molar-refractivity contribution >= 4 is 17.2 Å². The number of aromatic amines is 1. The summed E-state index contributed by atoms with van der Waals surface area (Å²) in [7, 11) is 0. The molecule has 0 saturated heterocycles. The first-order chi connectivity index (χ1) is 8.56. The van der Waals surface area contributed by atoms with Crippen LogP contribution in [-0.2, 0) is 6.54 Å². The molecule has 0 unspecified atom stereocenters. The van der Waals surface area contributed by atoms with E-state index in [0.717, 1.165) is 11.1 Å². The number of nitrogens with zero attached hydrogens (tertiary/aromatic N) is 2. The molecule has 2 aromatic rings. The lowest BCUT2D eigenvalue weighted by Gasteiger charge is -2.06. The fourth-order valence-electron chi connectivity index (χ4n) is 1.63. The van der Waals surface area contributed by atoms with Gasteiger partial charge in [-0.3, -0.25) is 15.2 Å². The highest BCUT2D eigenvalue weighted by atomic mass is 16.6. The van der Waals surface area contributed by atoms with E-state index in [2.05, 4.69) is 15.5 Å². The smallest absolute Gasteiger partial charge is 0.271 e. The number of non-ortho nitro benzene ring substituents is 1. The monoisotopic (exact) mass is 247 g/mol. The van der Waals surface area contributed by atoms with Crippen LogP contribution in [0, 0.1) is 17.0 Å². The molecule has 0 aliphatic heterocycles. The molecule has 0 amide bonds. The van der Waals surface area contributed by atoms with Crippen LogP contribution in [0.1, 0.15) is 11.1 Å². The first-order valence-electron chi connectivity index (χ1n) is 5.34. The van der Waals surface area contributed by atoms with Crippen molar-refractivity contribution < 1.29 is 4.92 Å². The van der Waals surface area contributed by atoms with Crippen molar-refractivity contribution in [1.82, 2.24) is 10.2 Å². The van der Waals surface area contributed by atoms with Crippen molar-refractivity contribution in [1.29, 1.82) is 0 Å². The highest BCUT2D eigenvalue weighted by molar-refractivity contribution is 5.54. The normalized spacial score (nSPS) is 10.3. The van der Waals surface area contributed by atoms with E-state index in [1.807, 2.05) is 13.0 Å². The van der Waals surface area contributed by atoms with Gasteiger partial charge in [-0.2, -0.15) is 5.10 Å². The van der Waals surface area contributed by atoms with Crippen LogP contribution in [0.2, 0.25) is 0 Å². The second kappa shape index (κ2) is 4.74. The number of rotatable bonds is 4. The third-order valence-corrected chi connectivity index (χ3v) is 2.51. The summed E-state index contributed by atoms with van der Waals surface area (Å²) in [4.78, 5) is 10.3. The highest BCUT2D eigenvalue weighted by Crippen LogP contribution is 2.21. The van der Waals surface area contributed by atoms with Crippen LogP contribution >= 0.6 is 0 Å². The number of aryl methyl sites for hydroxylation is 1. The van der Waals surface area contributed by atoms with Gasteiger partial charge in [0.25, 0.3) is 5.69 Å². The van der Waals surface area contributed by atoms with E-state index < -0.39 is 4.92 Å². The topological polar surface area (TPSA) is 110 Å². The fraction of sp³-hybridized carbons (Fsp3) is 0.182. The second-order valence-electron chi connectivity index (χ2n) is 3.98. The Morgan fingerprint density at radius 1 is 1.50 bits per heavy atom.